The van der Waals surface area contributed by atoms with Crippen LogP contribution in [-0.2, 0) is 0 Å². The molecule has 0 spiro atoms. The Bertz CT molecular complexity index is 1770. The van der Waals surface area contributed by atoms with Gasteiger partial charge in [-0.1, -0.05) is 0 Å². The van der Waals surface area contributed by atoms with Gasteiger partial charge in [-0.05, 0) is 65.5 Å². The maximum absolute atomic E-state index is 13.7. The van der Waals surface area contributed by atoms with Crippen molar-refractivity contribution in [2.45, 2.75) is 5.92 Å². The fraction of sp³-hybridized carbons (Fsp3) is 0.138. The minimum Gasteiger partial charge on any atom is -0.508 e. The molecule has 6 rings (SSSR count). The van der Waals surface area contributed by atoms with Crippen LogP contribution in [0.1, 0.15) is 32.3 Å². The van der Waals surface area contributed by atoms with Crippen molar-refractivity contribution in [3.05, 3.63) is 89.9 Å². The molecule has 9 nitrogen and oxygen atoms in total. The Hall–Kier alpha value is -4.76. The van der Waals surface area contributed by atoms with Crippen LogP contribution in [0.2, 0.25) is 0 Å². The first-order chi connectivity index (χ1) is 18.9. The second-order valence-electron chi connectivity index (χ2n) is 9.32. The van der Waals surface area contributed by atoms with Crippen LogP contribution in [-0.4, -0.2) is 50.9 Å². The number of ether oxygens (including phenoxy) is 1. The van der Waals surface area contributed by atoms with Gasteiger partial charge < -0.3 is 29.6 Å². The molecule has 196 valence electrons. The number of phenols is 2. The van der Waals surface area contributed by atoms with Gasteiger partial charge in [-0.3, -0.25) is 9.59 Å². The van der Waals surface area contributed by atoms with E-state index in [1.807, 2.05) is 6.07 Å². The number of nitrogens with one attached hydrogen (secondary N) is 1. The molecule has 0 fully saturated rings. The predicted octanol–water partition coefficient (Wildman–Crippen LogP) is 5.14. The first-order valence-electron chi connectivity index (χ1n) is 12.2. The Kier molecular flexibility index (Phi) is 6.00. The molecule has 39 heavy (non-hydrogen) atoms. The number of anilines is 2. The number of carbonyl (C=O) groups is 2. The molecule has 1 aliphatic rings. The number of carbonyl (C=O) groups excluding carboxylic acids is 2. The molecule has 1 unspecified atom stereocenters. The molecule has 1 aliphatic heterocycles. The van der Waals surface area contributed by atoms with Crippen LogP contribution in [0.5, 0.6) is 17.2 Å². The van der Waals surface area contributed by atoms with Crippen molar-refractivity contribution in [2.24, 2.45) is 0 Å². The fourth-order valence-electron chi connectivity index (χ4n) is 5.02. The zero-order valence-electron chi connectivity index (χ0n) is 20.8. The summed E-state index contributed by atoms with van der Waals surface area (Å²) in [7, 11) is 1.58. The molecular formula is C29H23ClN4O5. The second kappa shape index (κ2) is 9.52. The molecule has 3 heterocycles. The number of imidazole rings is 1. The van der Waals surface area contributed by atoms with E-state index in [0.29, 0.717) is 46.1 Å². The highest BCUT2D eigenvalue weighted by molar-refractivity contribution is 6.19. The quantitative estimate of drug-likeness (QED) is 0.265. The van der Waals surface area contributed by atoms with Crippen LogP contribution in [0.3, 0.4) is 0 Å². The van der Waals surface area contributed by atoms with E-state index in [9.17, 15) is 19.8 Å². The summed E-state index contributed by atoms with van der Waals surface area (Å²) in [6, 6.07) is 16.3. The molecular weight excluding hydrogens is 520 g/mol. The lowest BCUT2D eigenvalue weighted by Gasteiger charge is -2.17. The molecule has 0 aliphatic carbocycles. The second-order valence-corrected chi connectivity index (χ2v) is 9.63. The minimum atomic E-state index is -0.338. The van der Waals surface area contributed by atoms with Gasteiger partial charge in [0, 0.05) is 47.8 Å². The van der Waals surface area contributed by atoms with Crippen LogP contribution >= 0.6 is 11.6 Å². The molecule has 3 aromatic carbocycles. The highest BCUT2D eigenvalue weighted by Crippen LogP contribution is 2.46. The molecule has 0 bridgehead atoms. The number of aromatic nitrogens is 2. The lowest BCUT2D eigenvalue weighted by Crippen LogP contribution is -2.30. The first kappa shape index (κ1) is 24.6. The molecule has 0 radical (unpaired) electrons. The predicted molar refractivity (Wildman–Crippen MR) is 149 cm³/mol. The largest absolute Gasteiger partial charge is 0.508 e. The summed E-state index contributed by atoms with van der Waals surface area (Å²) >= 11 is 6.34. The maximum Gasteiger partial charge on any atom is 0.278 e. The van der Waals surface area contributed by atoms with Crippen molar-refractivity contribution in [2.75, 3.05) is 29.8 Å². The smallest absolute Gasteiger partial charge is 0.278 e. The maximum atomic E-state index is 13.7. The van der Waals surface area contributed by atoms with E-state index in [-0.39, 0.29) is 34.9 Å². The monoisotopic (exact) mass is 542 g/mol. The number of fused-ring (bicyclic) bond motifs is 4. The van der Waals surface area contributed by atoms with Crippen molar-refractivity contribution in [3.8, 4) is 17.2 Å². The van der Waals surface area contributed by atoms with E-state index in [1.54, 1.807) is 59.1 Å². The van der Waals surface area contributed by atoms with Gasteiger partial charge in [-0.15, -0.1) is 11.6 Å². The van der Waals surface area contributed by atoms with E-state index in [2.05, 4.69) is 10.3 Å². The van der Waals surface area contributed by atoms with Gasteiger partial charge in [0.2, 0.25) is 0 Å². The fourth-order valence-corrected chi connectivity index (χ4v) is 5.28. The highest BCUT2D eigenvalue weighted by Gasteiger charge is 2.35. The number of methoxy groups -OCH3 is 1. The Morgan fingerprint density at radius 3 is 2.59 bits per heavy atom. The average Bonchev–Trinajstić information content (AvgIpc) is 3.54. The number of phenolic OH excluding ortho intramolecular Hbond substituents is 2. The topological polar surface area (TPSA) is 116 Å². The molecule has 2 amide bonds. The number of hydrogen-bond donors (Lipinski definition) is 3. The van der Waals surface area contributed by atoms with E-state index in [1.165, 1.54) is 24.3 Å². The number of alkyl halides is 1. The van der Waals surface area contributed by atoms with Gasteiger partial charge in [-0.2, -0.15) is 0 Å². The summed E-state index contributed by atoms with van der Waals surface area (Å²) in [5.41, 5.74) is 3.11. The van der Waals surface area contributed by atoms with Crippen LogP contribution in [0.4, 0.5) is 11.4 Å². The number of aromatic hydroxyl groups is 2. The third-order valence-corrected chi connectivity index (χ3v) is 7.31. The number of amides is 2. The van der Waals surface area contributed by atoms with E-state index in [0.717, 1.165) is 10.9 Å². The zero-order valence-corrected chi connectivity index (χ0v) is 21.5. The molecule has 2 aromatic heterocycles. The van der Waals surface area contributed by atoms with Gasteiger partial charge in [0.15, 0.2) is 0 Å². The first-order valence-corrected chi connectivity index (χ1v) is 12.7. The van der Waals surface area contributed by atoms with Crippen molar-refractivity contribution >= 4 is 51.2 Å². The zero-order chi connectivity index (χ0) is 27.3. The van der Waals surface area contributed by atoms with Gasteiger partial charge in [0.05, 0.1) is 18.5 Å². The molecule has 0 saturated heterocycles. The lowest BCUT2D eigenvalue weighted by molar-refractivity contribution is 0.0982. The van der Waals surface area contributed by atoms with Crippen LogP contribution in [0.15, 0.2) is 73.1 Å². The average molecular weight is 543 g/mol. The number of nitrogens with zero attached hydrogens (tertiary/aromatic N) is 3. The Morgan fingerprint density at radius 2 is 1.85 bits per heavy atom. The normalized spacial score (nSPS) is 14.5. The van der Waals surface area contributed by atoms with Crippen LogP contribution in [0.25, 0.3) is 16.4 Å². The molecule has 1 atom stereocenters. The van der Waals surface area contributed by atoms with Crippen molar-refractivity contribution in [3.63, 3.8) is 0 Å². The summed E-state index contributed by atoms with van der Waals surface area (Å²) < 4.78 is 7.05. The third-order valence-electron chi connectivity index (χ3n) is 6.93. The standard InChI is InChI=1S/C29H23ClN4O5/c1-39-20-7-8-21-22(10-20)27-17(12-30)13-34(24(27)11-25(21)36)29(38)23-15-33-14-18(4-9-26(33)32-23)31-28(37)16-2-5-19(35)6-3-16/h2-11,14-15,17,35-36H,12-13H2,1H3,(H,31,37). The summed E-state index contributed by atoms with van der Waals surface area (Å²) in [6.07, 6.45) is 3.27. The number of rotatable bonds is 5. The summed E-state index contributed by atoms with van der Waals surface area (Å²) in [5.74, 6) is 0.261. The Labute approximate surface area is 227 Å². The number of hydrogen-bond acceptors (Lipinski definition) is 6. The summed E-state index contributed by atoms with van der Waals surface area (Å²) in [6.45, 7) is 0.342. The number of halogens is 1. The van der Waals surface area contributed by atoms with Crippen molar-refractivity contribution in [1.29, 1.82) is 0 Å². The van der Waals surface area contributed by atoms with Gasteiger partial charge >= 0.3 is 0 Å². The Morgan fingerprint density at radius 1 is 1.05 bits per heavy atom. The van der Waals surface area contributed by atoms with Gasteiger partial charge in [0.25, 0.3) is 11.8 Å². The summed E-state index contributed by atoms with van der Waals surface area (Å²) in [5, 5.41) is 24.5. The highest BCUT2D eigenvalue weighted by atomic mass is 35.5. The molecule has 3 N–H and O–H groups in total. The SMILES string of the molecule is COc1ccc2c(O)cc3c(c2c1)C(CCl)CN3C(=O)c1cn2cc(NC(=O)c3ccc(O)cc3)ccc2n1. The van der Waals surface area contributed by atoms with Crippen LogP contribution < -0.4 is 15.0 Å². The van der Waals surface area contributed by atoms with Crippen molar-refractivity contribution < 1.29 is 24.5 Å². The third kappa shape index (κ3) is 4.26. The molecule has 0 saturated carbocycles. The number of pyridine rings is 1. The van der Waals surface area contributed by atoms with Crippen molar-refractivity contribution in [1.82, 2.24) is 9.38 Å². The van der Waals surface area contributed by atoms with E-state index in [4.69, 9.17) is 16.3 Å². The van der Waals surface area contributed by atoms with E-state index >= 15 is 0 Å². The minimum absolute atomic E-state index is 0.0587. The van der Waals surface area contributed by atoms with Crippen LogP contribution in [0, 0.1) is 0 Å². The van der Waals surface area contributed by atoms with Gasteiger partial charge in [0.1, 0.15) is 28.6 Å². The summed E-state index contributed by atoms with van der Waals surface area (Å²) in [4.78, 5) is 32.4. The van der Waals surface area contributed by atoms with E-state index < -0.39 is 0 Å². The Balaban J connectivity index is 1.32. The van der Waals surface area contributed by atoms with Gasteiger partial charge in [-0.25, -0.2) is 4.98 Å². The number of benzene rings is 3. The molecule has 10 heteroatoms. The lowest BCUT2D eigenvalue weighted by atomic mass is 9.95. The molecule has 5 aromatic rings.